The number of benzene rings is 1. The summed E-state index contributed by atoms with van der Waals surface area (Å²) in [7, 11) is 0. The number of para-hydroxylation sites is 1. The van der Waals surface area contributed by atoms with E-state index in [1.807, 2.05) is 25.1 Å². The van der Waals surface area contributed by atoms with Crippen molar-refractivity contribution in [3.8, 4) is 0 Å². The van der Waals surface area contributed by atoms with E-state index in [1.165, 1.54) is 32.1 Å². The molecule has 0 aromatic heterocycles. The fourth-order valence-corrected chi connectivity index (χ4v) is 3.23. The second-order valence-electron chi connectivity index (χ2n) is 6.13. The van der Waals surface area contributed by atoms with E-state index >= 15 is 0 Å². The summed E-state index contributed by atoms with van der Waals surface area (Å²) in [6.07, 6.45) is 7.06. The number of esters is 1. The van der Waals surface area contributed by atoms with Crippen molar-refractivity contribution in [2.45, 2.75) is 58.4 Å². The van der Waals surface area contributed by atoms with Gasteiger partial charge in [-0.1, -0.05) is 49.9 Å². The molecule has 1 N–H and O–H groups in total. The van der Waals surface area contributed by atoms with Gasteiger partial charge in [0.15, 0.2) is 0 Å². The molecule has 0 aliphatic heterocycles. The van der Waals surface area contributed by atoms with Crippen LogP contribution in [0.5, 0.6) is 0 Å². The molecule has 0 spiro atoms. The zero-order chi connectivity index (χ0) is 15.9. The largest absolute Gasteiger partial charge is 0.464 e. The highest BCUT2D eigenvalue weighted by atomic mass is 35.5. The minimum absolute atomic E-state index is 0.201. The standard InChI is InChI=1S/C18H26ClNO2/c1-3-15-10-7-11-16(19)17(15)20-13(2)18(21)22-12-14-8-5-4-6-9-14/h7,10-11,13-14,20H,3-6,8-9,12H2,1-2H3/t13-/m0/s1. The van der Waals surface area contributed by atoms with Crippen LogP contribution < -0.4 is 5.32 Å². The molecule has 1 aliphatic carbocycles. The van der Waals surface area contributed by atoms with Crippen LogP contribution in [0.4, 0.5) is 5.69 Å². The Morgan fingerprint density at radius 1 is 1.36 bits per heavy atom. The van der Waals surface area contributed by atoms with Crippen molar-refractivity contribution < 1.29 is 9.53 Å². The first-order valence-corrected chi connectivity index (χ1v) is 8.70. The molecule has 0 unspecified atom stereocenters. The second kappa shape index (κ2) is 8.42. The summed E-state index contributed by atoms with van der Waals surface area (Å²) in [5.74, 6) is 0.337. The van der Waals surface area contributed by atoms with Gasteiger partial charge >= 0.3 is 5.97 Å². The Bertz CT molecular complexity index is 498. The van der Waals surface area contributed by atoms with E-state index in [0.717, 1.165) is 17.7 Å². The third kappa shape index (κ3) is 4.64. The normalized spacial score (nSPS) is 17.0. The fourth-order valence-electron chi connectivity index (χ4n) is 2.98. The molecule has 0 radical (unpaired) electrons. The summed E-state index contributed by atoms with van der Waals surface area (Å²) in [5, 5.41) is 3.86. The van der Waals surface area contributed by atoms with Gasteiger partial charge in [-0.3, -0.25) is 0 Å². The number of hydrogen-bond acceptors (Lipinski definition) is 3. The second-order valence-corrected chi connectivity index (χ2v) is 6.53. The quantitative estimate of drug-likeness (QED) is 0.762. The predicted molar refractivity (Wildman–Crippen MR) is 91.4 cm³/mol. The van der Waals surface area contributed by atoms with Crippen LogP contribution in [0.25, 0.3) is 0 Å². The Morgan fingerprint density at radius 2 is 2.09 bits per heavy atom. The van der Waals surface area contributed by atoms with Crippen molar-refractivity contribution in [3.63, 3.8) is 0 Å². The Kier molecular flexibility index (Phi) is 6.56. The van der Waals surface area contributed by atoms with Crippen LogP contribution in [0.3, 0.4) is 0 Å². The van der Waals surface area contributed by atoms with E-state index in [1.54, 1.807) is 0 Å². The van der Waals surface area contributed by atoms with E-state index in [-0.39, 0.29) is 5.97 Å². The highest BCUT2D eigenvalue weighted by Gasteiger charge is 2.20. The molecule has 1 aromatic rings. The van der Waals surface area contributed by atoms with Crippen molar-refractivity contribution >= 4 is 23.3 Å². The van der Waals surface area contributed by atoms with Crippen molar-refractivity contribution in [2.24, 2.45) is 5.92 Å². The smallest absolute Gasteiger partial charge is 0.328 e. The average Bonchev–Trinajstić information content (AvgIpc) is 2.55. The van der Waals surface area contributed by atoms with Gasteiger partial charge in [-0.05, 0) is 43.7 Å². The molecular formula is C18H26ClNO2. The number of halogens is 1. The van der Waals surface area contributed by atoms with Gasteiger partial charge in [-0.15, -0.1) is 0 Å². The van der Waals surface area contributed by atoms with Crippen molar-refractivity contribution in [3.05, 3.63) is 28.8 Å². The van der Waals surface area contributed by atoms with Crippen LogP contribution >= 0.6 is 11.6 Å². The molecule has 2 rings (SSSR count). The third-order valence-electron chi connectivity index (χ3n) is 4.38. The Balaban J connectivity index is 1.88. The minimum atomic E-state index is -0.395. The molecule has 4 heteroatoms. The number of carbonyl (C=O) groups excluding carboxylic acids is 1. The first-order chi connectivity index (χ1) is 10.6. The lowest BCUT2D eigenvalue weighted by atomic mass is 9.90. The first-order valence-electron chi connectivity index (χ1n) is 8.32. The molecular weight excluding hydrogens is 298 g/mol. The summed E-state index contributed by atoms with van der Waals surface area (Å²) < 4.78 is 5.48. The van der Waals surface area contributed by atoms with E-state index in [9.17, 15) is 4.79 Å². The van der Waals surface area contributed by atoms with Gasteiger partial charge in [0.2, 0.25) is 0 Å². The number of aryl methyl sites for hydroxylation is 1. The lowest BCUT2D eigenvalue weighted by Crippen LogP contribution is -2.30. The summed E-state index contributed by atoms with van der Waals surface area (Å²) in [4.78, 5) is 12.2. The highest BCUT2D eigenvalue weighted by molar-refractivity contribution is 6.33. The van der Waals surface area contributed by atoms with Crippen LogP contribution in [0.2, 0.25) is 5.02 Å². The number of carbonyl (C=O) groups is 1. The molecule has 0 saturated heterocycles. The van der Waals surface area contributed by atoms with Gasteiger partial charge in [-0.2, -0.15) is 0 Å². The van der Waals surface area contributed by atoms with E-state index < -0.39 is 6.04 Å². The molecule has 0 bridgehead atoms. The first kappa shape index (κ1) is 17.1. The molecule has 3 nitrogen and oxygen atoms in total. The molecule has 1 saturated carbocycles. The maximum atomic E-state index is 12.2. The lowest BCUT2D eigenvalue weighted by molar-refractivity contribution is -0.145. The van der Waals surface area contributed by atoms with Gasteiger partial charge in [0.1, 0.15) is 6.04 Å². The maximum absolute atomic E-state index is 12.2. The highest BCUT2D eigenvalue weighted by Crippen LogP contribution is 2.27. The Labute approximate surface area is 138 Å². The molecule has 1 aliphatic rings. The minimum Gasteiger partial charge on any atom is -0.464 e. The van der Waals surface area contributed by atoms with Crippen LogP contribution in [-0.4, -0.2) is 18.6 Å². The molecule has 1 atom stereocenters. The zero-order valence-corrected chi connectivity index (χ0v) is 14.3. The molecule has 22 heavy (non-hydrogen) atoms. The van der Waals surface area contributed by atoms with Crippen LogP contribution in [-0.2, 0) is 16.0 Å². The maximum Gasteiger partial charge on any atom is 0.328 e. The van der Waals surface area contributed by atoms with E-state index in [0.29, 0.717) is 17.5 Å². The topological polar surface area (TPSA) is 38.3 Å². The van der Waals surface area contributed by atoms with Gasteiger partial charge in [0, 0.05) is 0 Å². The third-order valence-corrected chi connectivity index (χ3v) is 4.70. The summed E-state index contributed by atoms with van der Waals surface area (Å²) in [6.45, 7) is 4.45. The summed E-state index contributed by atoms with van der Waals surface area (Å²) in [5.41, 5.74) is 1.95. The van der Waals surface area contributed by atoms with Gasteiger partial charge < -0.3 is 10.1 Å². The van der Waals surface area contributed by atoms with Gasteiger partial charge in [0.05, 0.1) is 17.3 Å². The van der Waals surface area contributed by atoms with Crippen molar-refractivity contribution in [1.82, 2.24) is 0 Å². The molecule has 1 aromatic carbocycles. The fraction of sp³-hybridized carbons (Fsp3) is 0.611. The van der Waals surface area contributed by atoms with Crippen molar-refractivity contribution in [2.75, 3.05) is 11.9 Å². The molecule has 0 heterocycles. The molecule has 0 amide bonds. The lowest BCUT2D eigenvalue weighted by Gasteiger charge is -2.23. The van der Waals surface area contributed by atoms with E-state index in [2.05, 4.69) is 12.2 Å². The van der Waals surface area contributed by atoms with Crippen LogP contribution in [0, 0.1) is 5.92 Å². The van der Waals surface area contributed by atoms with Gasteiger partial charge in [0.25, 0.3) is 0 Å². The summed E-state index contributed by atoms with van der Waals surface area (Å²) in [6, 6.07) is 5.39. The number of rotatable bonds is 6. The summed E-state index contributed by atoms with van der Waals surface area (Å²) >= 11 is 6.24. The number of hydrogen-bond donors (Lipinski definition) is 1. The average molecular weight is 324 g/mol. The SMILES string of the molecule is CCc1cccc(Cl)c1N[C@@H](C)C(=O)OCC1CCCCC1. The number of ether oxygens (including phenoxy) is 1. The van der Waals surface area contributed by atoms with Crippen molar-refractivity contribution in [1.29, 1.82) is 0 Å². The Hall–Kier alpha value is -1.22. The molecule has 122 valence electrons. The monoisotopic (exact) mass is 323 g/mol. The predicted octanol–water partition coefficient (Wildman–Crippen LogP) is 4.83. The van der Waals surface area contributed by atoms with E-state index in [4.69, 9.17) is 16.3 Å². The Morgan fingerprint density at radius 3 is 2.77 bits per heavy atom. The zero-order valence-electron chi connectivity index (χ0n) is 13.5. The number of nitrogens with one attached hydrogen (secondary N) is 1. The van der Waals surface area contributed by atoms with Crippen LogP contribution in [0.15, 0.2) is 18.2 Å². The number of anilines is 1. The van der Waals surface area contributed by atoms with Crippen LogP contribution in [0.1, 0.15) is 51.5 Å². The van der Waals surface area contributed by atoms with Gasteiger partial charge in [-0.25, -0.2) is 4.79 Å². The molecule has 1 fully saturated rings.